The third-order valence-corrected chi connectivity index (χ3v) is 3.92. The van der Waals surface area contributed by atoms with Gasteiger partial charge in [0.25, 0.3) is 0 Å². The molecule has 0 fully saturated rings. The first-order valence-electron chi connectivity index (χ1n) is 8.75. The number of rotatable bonds is 8. The topological polar surface area (TPSA) is 84.5 Å². The minimum atomic E-state index is -4.46. The second kappa shape index (κ2) is 10.1. The fourth-order valence-corrected chi connectivity index (χ4v) is 2.62. The van der Waals surface area contributed by atoms with Gasteiger partial charge >= 0.3 is 12.1 Å². The lowest BCUT2D eigenvalue weighted by Gasteiger charge is -2.23. The number of halogens is 3. The van der Waals surface area contributed by atoms with Gasteiger partial charge in [0.1, 0.15) is 12.1 Å². The average molecular weight is 402 g/mol. The van der Waals surface area contributed by atoms with Gasteiger partial charge in [0.15, 0.2) is 0 Å². The molecule has 6 nitrogen and oxygen atoms in total. The number of esters is 1. The predicted molar refractivity (Wildman–Crippen MR) is 96.2 cm³/mol. The van der Waals surface area contributed by atoms with Crippen LogP contribution in [-0.4, -0.2) is 37.0 Å². The van der Waals surface area contributed by atoms with Gasteiger partial charge in [-0.3, -0.25) is 9.59 Å². The van der Waals surface area contributed by atoms with E-state index in [-0.39, 0.29) is 12.3 Å². The molecule has 9 heteroatoms. The van der Waals surface area contributed by atoms with Crippen LogP contribution >= 0.6 is 0 Å². The third kappa shape index (κ3) is 7.58. The maximum Gasteiger partial charge on any atom is 0.416 e. The van der Waals surface area contributed by atoms with E-state index in [4.69, 9.17) is 0 Å². The van der Waals surface area contributed by atoms with E-state index >= 15 is 0 Å². The number of hydrogen-bond donors (Lipinski definition) is 2. The molecule has 0 aliphatic heterocycles. The number of ether oxygens (including phenoxy) is 1. The van der Waals surface area contributed by atoms with Crippen molar-refractivity contribution < 1.29 is 32.3 Å². The van der Waals surface area contributed by atoms with Gasteiger partial charge in [-0.1, -0.05) is 26.0 Å². The van der Waals surface area contributed by atoms with Gasteiger partial charge in [0, 0.05) is 13.3 Å². The standard InChI is InChI=1S/C19H25F3N2O4/c1-11(2)9-15(23-12(3)25)17(26)24-16(18(27)28-4)10-13-5-7-14(8-6-13)19(20,21)22/h5-8,11,15-16H,9-10H2,1-4H3,(H,23,25)(H,24,26)/t15-,16+/m0/s1. The Morgan fingerprint density at radius 2 is 1.61 bits per heavy atom. The van der Waals surface area contributed by atoms with E-state index in [0.717, 1.165) is 19.2 Å². The zero-order chi connectivity index (χ0) is 21.5. The fraction of sp³-hybridized carbons (Fsp3) is 0.526. The molecular weight excluding hydrogens is 377 g/mol. The quantitative estimate of drug-likeness (QED) is 0.655. The molecule has 28 heavy (non-hydrogen) atoms. The molecule has 0 aliphatic carbocycles. The Kier molecular flexibility index (Phi) is 8.46. The van der Waals surface area contributed by atoms with Crippen LogP contribution < -0.4 is 10.6 Å². The molecule has 0 bridgehead atoms. The first kappa shape index (κ1) is 23.5. The number of hydrogen-bond acceptors (Lipinski definition) is 4. The van der Waals surface area contributed by atoms with Gasteiger partial charge in [-0.05, 0) is 30.0 Å². The molecule has 0 saturated heterocycles. The summed E-state index contributed by atoms with van der Waals surface area (Å²) in [5.74, 6) is -1.59. The molecule has 2 atom stereocenters. The number of carbonyl (C=O) groups is 3. The lowest BCUT2D eigenvalue weighted by atomic mass is 10.0. The molecule has 1 aromatic rings. The molecule has 0 aliphatic rings. The summed E-state index contributed by atoms with van der Waals surface area (Å²) in [5.41, 5.74) is -0.388. The Balaban J connectivity index is 2.94. The predicted octanol–water partition coefficient (Wildman–Crippen LogP) is 2.46. The van der Waals surface area contributed by atoms with Gasteiger partial charge in [0.2, 0.25) is 11.8 Å². The van der Waals surface area contributed by atoms with Crippen LogP contribution in [0.5, 0.6) is 0 Å². The molecule has 0 aromatic heterocycles. The van der Waals surface area contributed by atoms with Crippen molar-refractivity contribution in [3.8, 4) is 0 Å². The Bertz CT molecular complexity index is 687. The second-order valence-corrected chi connectivity index (χ2v) is 6.87. The number of alkyl halides is 3. The molecule has 0 heterocycles. The molecule has 2 N–H and O–H groups in total. The van der Waals surface area contributed by atoms with Gasteiger partial charge < -0.3 is 15.4 Å². The first-order chi connectivity index (χ1) is 12.9. The van der Waals surface area contributed by atoms with Gasteiger partial charge in [-0.15, -0.1) is 0 Å². The fourth-order valence-electron chi connectivity index (χ4n) is 2.62. The molecule has 0 saturated carbocycles. The van der Waals surface area contributed by atoms with Crippen LogP contribution in [0, 0.1) is 5.92 Å². The molecule has 156 valence electrons. The van der Waals surface area contributed by atoms with E-state index in [1.807, 2.05) is 13.8 Å². The van der Waals surface area contributed by atoms with Crippen molar-refractivity contribution in [1.29, 1.82) is 0 Å². The lowest BCUT2D eigenvalue weighted by molar-refractivity contribution is -0.145. The largest absolute Gasteiger partial charge is 0.467 e. The summed E-state index contributed by atoms with van der Waals surface area (Å²) >= 11 is 0. The normalized spacial score (nSPS) is 13.6. The van der Waals surface area contributed by atoms with Crippen molar-refractivity contribution in [2.45, 2.75) is 51.9 Å². The zero-order valence-electron chi connectivity index (χ0n) is 16.2. The van der Waals surface area contributed by atoms with Gasteiger partial charge in [-0.2, -0.15) is 13.2 Å². The number of nitrogens with one attached hydrogen (secondary N) is 2. The van der Waals surface area contributed by atoms with E-state index in [1.165, 1.54) is 19.1 Å². The second-order valence-electron chi connectivity index (χ2n) is 6.87. The van der Waals surface area contributed by atoms with Crippen molar-refractivity contribution in [2.24, 2.45) is 5.92 Å². The van der Waals surface area contributed by atoms with Crippen LogP contribution in [0.4, 0.5) is 13.2 Å². The molecule has 2 amide bonds. The molecular formula is C19H25F3N2O4. The van der Waals surface area contributed by atoms with E-state index in [0.29, 0.717) is 12.0 Å². The smallest absolute Gasteiger partial charge is 0.416 e. The molecule has 0 spiro atoms. The lowest BCUT2D eigenvalue weighted by Crippen LogP contribution is -2.52. The number of carbonyl (C=O) groups excluding carboxylic acids is 3. The summed E-state index contributed by atoms with van der Waals surface area (Å²) in [7, 11) is 1.15. The minimum absolute atomic E-state index is 0.0506. The van der Waals surface area contributed by atoms with Gasteiger partial charge in [-0.25, -0.2) is 4.79 Å². The van der Waals surface area contributed by atoms with Crippen LogP contribution in [0.1, 0.15) is 38.3 Å². The molecule has 1 rings (SSSR count). The van der Waals surface area contributed by atoms with Crippen LogP contribution in [0.3, 0.4) is 0 Å². The number of amides is 2. The van der Waals surface area contributed by atoms with E-state index in [9.17, 15) is 27.6 Å². The summed E-state index contributed by atoms with van der Waals surface area (Å²) in [6.45, 7) is 5.03. The SMILES string of the molecule is COC(=O)[C@@H](Cc1ccc(C(F)(F)F)cc1)NC(=O)[C@H](CC(C)C)NC(C)=O. The highest BCUT2D eigenvalue weighted by Crippen LogP contribution is 2.29. The van der Waals surface area contributed by atoms with Crippen molar-refractivity contribution in [1.82, 2.24) is 10.6 Å². The number of benzene rings is 1. The average Bonchev–Trinajstić information content (AvgIpc) is 2.58. The maximum atomic E-state index is 12.7. The van der Waals surface area contributed by atoms with Gasteiger partial charge in [0.05, 0.1) is 12.7 Å². The van der Waals surface area contributed by atoms with Crippen molar-refractivity contribution >= 4 is 17.8 Å². The number of methoxy groups -OCH3 is 1. The molecule has 0 unspecified atom stereocenters. The van der Waals surface area contributed by atoms with E-state index in [2.05, 4.69) is 15.4 Å². The third-order valence-electron chi connectivity index (χ3n) is 3.92. The first-order valence-corrected chi connectivity index (χ1v) is 8.75. The summed E-state index contributed by atoms with van der Waals surface area (Å²) in [4.78, 5) is 35.9. The summed E-state index contributed by atoms with van der Waals surface area (Å²) < 4.78 is 42.7. The Morgan fingerprint density at radius 3 is 2.04 bits per heavy atom. The summed E-state index contributed by atoms with van der Waals surface area (Å²) in [6, 6.07) is 2.36. The highest BCUT2D eigenvalue weighted by molar-refractivity contribution is 5.90. The monoisotopic (exact) mass is 402 g/mol. The minimum Gasteiger partial charge on any atom is -0.467 e. The zero-order valence-corrected chi connectivity index (χ0v) is 16.2. The van der Waals surface area contributed by atoms with Crippen LogP contribution in [-0.2, 0) is 31.7 Å². The Morgan fingerprint density at radius 1 is 1.04 bits per heavy atom. The maximum absolute atomic E-state index is 12.7. The Hall–Kier alpha value is -2.58. The van der Waals surface area contributed by atoms with E-state index < -0.39 is 41.6 Å². The van der Waals surface area contributed by atoms with Crippen molar-refractivity contribution in [2.75, 3.05) is 7.11 Å². The highest BCUT2D eigenvalue weighted by atomic mass is 19.4. The van der Waals surface area contributed by atoms with Crippen LogP contribution in [0.25, 0.3) is 0 Å². The summed E-state index contributed by atoms with van der Waals surface area (Å²) in [6.07, 6.45) is -4.15. The highest BCUT2D eigenvalue weighted by Gasteiger charge is 2.31. The molecule has 0 radical (unpaired) electrons. The van der Waals surface area contributed by atoms with E-state index in [1.54, 1.807) is 0 Å². The van der Waals surface area contributed by atoms with Crippen LogP contribution in [0.15, 0.2) is 24.3 Å². The Labute approximate surface area is 161 Å². The summed E-state index contributed by atoms with van der Waals surface area (Å²) in [5, 5.41) is 5.05. The molecule has 1 aromatic carbocycles. The van der Waals surface area contributed by atoms with Crippen LogP contribution in [0.2, 0.25) is 0 Å². The van der Waals surface area contributed by atoms with Crippen molar-refractivity contribution in [3.63, 3.8) is 0 Å². The van der Waals surface area contributed by atoms with Crippen molar-refractivity contribution in [3.05, 3.63) is 35.4 Å².